The van der Waals surface area contributed by atoms with Crippen molar-refractivity contribution >= 4 is 12.1 Å². The number of aliphatic hydroxyl groups excluding tert-OH is 2. The predicted molar refractivity (Wildman–Crippen MR) is 98.9 cm³/mol. The van der Waals surface area contributed by atoms with Gasteiger partial charge >= 0.3 is 0 Å². The fourth-order valence-corrected chi connectivity index (χ4v) is 6.97. The Bertz CT molecular complexity index is 845. The minimum atomic E-state index is -2.13. The number of carbonyl (C=O) groups excluding carboxylic acids is 2. The Kier molecular flexibility index (Phi) is 4.07. The van der Waals surface area contributed by atoms with Gasteiger partial charge in [0.25, 0.3) is 0 Å². The molecule has 0 spiro atoms. The maximum absolute atomic E-state index is 16.8. The van der Waals surface area contributed by atoms with Crippen LogP contribution in [0.2, 0.25) is 0 Å². The standard InChI is InChI=1S/C22H26F2O4/c1-11-6-13-14-8-16(23)15-7-12(26)4-5-21(15,3)22(14,24)18(28)9-20(13,2)19(11)17(27)10-25/h4-5,7,10-11,13-14,16,18,27-28H,6,8-9H2,1-3H3/t11-,13+,14+,16+,18+,20+,21+,22+/m1/s1. The number of carbonyl (C=O) groups is 2. The Labute approximate surface area is 163 Å². The van der Waals surface area contributed by atoms with E-state index in [-0.39, 0.29) is 41.8 Å². The lowest BCUT2D eigenvalue weighted by Gasteiger charge is -2.61. The molecule has 0 aromatic carbocycles. The predicted octanol–water partition coefficient (Wildman–Crippen LogP) is 3.56. The summed E-state index contributed by atoms with van der Waals surface area (Å²) in [6, 6.07) is 0. The molecule has 4 aliphatic rings. The third kappa shape index (κ3) is 2.13. The minimum Gasteiger partial charge on any atom is -0.505 e. The maximum Gasteiger partial charge on any atom is 0.184 e. The van der Waals surface area contributed by atoms with E-state index in [0.717, 1.165) is 0 Å². The summed E-state index contributed by atoms with van der Waals surface area (Å²) in [7, 11) is 0. The first kappa shape index (κ1) is 19.5. The second kappa shape index (κ2) is 5.85. The maximum atomic E-state index is 16.8. The molecule has 0 bridgehead atoms. The van der Waals surface area contributed by atoms with Gasteiger partial charge in [-0.15, -0.1) is 0 Å². The van der Waals surface area contributed by atoms with Crippen LogP contribution in [-0.4, -0.2) is 40.2 Å². The van der Waals surface area contributed by atoms with Crippen molar-refractivity contribution in [2.45, 2.75) is 58.0 Å². The van der Waals surface area contributed by atoms with Crippen molar-refractivity contribution in [1.29, 1.82) is 0 Å². The molecule has 6 heteroatoms. The average molecular weight is 392 g/mol. The Morgan fingerprint density at radius 2 is 1.96 bits per heavy atom. The van der Waals surface area contributed by atoms with Gasteiger partial charge in [-0.1, -0.05) is 19.9 Å². The molecule has 0 radical (unpaired) electrons. The third-order valence-electron chi connectivity index (χ3n) is 8.12. The van der Waals surface area contributed by atoms with Crippen LogP contribution in [0.3, 0.4) is 0 Å². The van der Waals surface area contributed by atoms with Crippen molar-refractivity contribution in [2.75, 3.05) is 0 Å². The Balaban J connectivity index is 1.88. The van der Waals surface area contributed by atoms with Crippen molar-refractivity contribution in [1.82, 2.24) is 0 Å². The van der Waals surface area contributed by atoms with E-state index in [9.17, 15) is 19.8 Å². The molecule has 0 unspecified atom stereocenters. The molecule has 8 atom stereocenters. The molecule has 0 aromatic rings. The molecule has 4 rings (SSSR count). The summed E-state index contributed by atoms with van der Waals surface area (Å²) in [6.07, 6.45) is 1.74. The molecular formula is C22H26F2O4. The van der Waals surface area contributed by atoms with E-state index in [1.807, 2.05) is 13.8 Å². The highest BCUT2D eigenvalue weighted by Crippen LogP contribution is 2.70. The van der Waals surface area contributed by atoms with Crippen LogP contribution in [0, 0.1) is 28.6 Å². The van der Waals surface area contributed by atoms with Crippen LogP contribution in [0.5, 0.6) is 0 Å². The lowest BCUT2D eigenvalue weighted by Crippen LogP contribution is -2.67. The van der Waals surface area contributed by atoms with Gasteiger partial charge in [-0.05, 0) is 66.7 Å². The molecule has 0 heterocycles. The summed E-state index contributed by atoms with van der Waals surface area (Å²) in [6.45, 7) is 5.26. The first-order valence-corrected chi connectivity index (χ1v) is 9.85. The SMILES string of the molecule is C[C@@H]1C[C@H]2[C@@H]3C[C@H](F)C4=CC(=O)C=C[C@]4(C)[C@@]3(F)[C@@H](O)C[C@]2(C)C1=C(O)C=O. The molecule has 152 valence electrons. The average Bonchev–Trinajstić information content (AvgIpc) is 2.89. The summed E-state index contributed by atoms with van der Waals surface area (Å²) in [5.74, 6) is -2.02. The first-order valence-electron chi connectivity index (χ1n) is 9.85. The molecule has 3 saturated carbocycles. The van der Waals surface area contributed by atoms with E-state index in [2.05, 4.69) is 0 Å². The van der Waals surface area contributed by atoms with Crippen LogP contribution >= 0.6 is 0 Å². The van der Waals surface area contributed by atoms with Crippen LogP contribution in [0.15, 0.2) is 35.1 Å². The number of aldehydes is 1. The molecule has 3 fully saturated rings. The molecule has 28 heavy (non-hydrogen) atoms. The zero-order chi connectivity index (χ0) is 20.6. The van der Waals surface area contributed by atoms with Crippen LogP contribution in [0.1, 0.15) is 40.0 Å². The molecule has 4 aliphatic carbocycles. The second-order valence-electron chi connectivity index (χ2n) is 9.41. The van der Waals surface area contributed by atoms with Gasteiger partial charge in [0.15, 0.2) is 23.5 Å². The number of alkyl halides is 2. The Morgan fingerprint density at radius 1 is 1.29 bits per heavy atom. The highest BCUT2D eigenvalue weighted by Gasteiger charge is 2.72. The van der Waals surface area contributed by atoms with Gasteiger partial charge in [-0.2, -0.15) is 0 Å². The van der Waals surface area contributed by atoms with Crippen LogP contribution in [-0.2, 0) is 9.59 Å². The zero-order valence-corrected chi connectivity index (χ0v) is 16.3. The highest BCUT2D eigenvalue weighted by molar-refractivity contribution is 6.01. The summed E-state index contributed by atoms with van der Waals surface area (Å²) >= 11 is 0. The van der Waals surface area contributed by atoms with Crippen LogP contribution in [0.4, 0.5) is 8.78 Å². The van der Waals surface area contributed by atoms with E-state index in [4.69, 9.17) is 0 Å². The van der Waals surface area contributed by atoms with Gasteiger partial charge in [-0.3, -0.25) is 9.59 Å². The number of hydrogen-bond acceptors (Lipinski definition) is 4. The fourth-order valence-electron chi connectivity index (χ4n) is 6.97. The van der Waals surface area contributed by atoms with Crippen LogP contribution < -0.4 is 0 Å². The molecule has 0 aliphatic heterocycles. The molecule has 2 N–H and O–H groups in total. The molecule has 0 saturated heterocycles. The number of allylic oxidation sites excluding steroid dienone is 6. The van der Waals surface area contributed by atoms with Crippen molar-refractivity contribution in [3.63, 3.8) is 0 Å². The molecule has 0 amide bonds. The van der Waals surface area contributed by atoms with Crippen molar-refractivity contribution in [3.05, 3.63) is 35.1 Å². The number of ketones is 1. The summed E-state index contributed by atoms with van der Waals surface area (Å²) < 4.78 is 32.0. The van der Waals surface area contributed by atoms with Crippen molar-refractivity contribution in [2.24, 2.45) is 28.6 Å². The monoisotopic (exact) mass is 392 g/mol. The highest BCUT2D eigenvalue weighted by atomic mass is 19.1. The summed E-state index contributed by atoms with van der Waals surface area (Å²) in [4.78, 5) is 23.0. The summed E-state index contributed by atoms with van der Waals surface area (Å²) in [5, 5.41) is 21.3. The summed E-state index contributed by atoms with van der Waals surface area (Å²) in [5.41, 5.74) is -3.69. The molecule has 4 nitrogen and oxygen atoms in total. The van der Waals surface area contributed by atoms with Crippen molar-refractivity contribution < 1.29 is 28.6 Å². The topological polar surface area (TPSA) is 74.6 Å². The van der Waals surface area contributed by atoms with Gasteiger partial charge in [0.2, 0.25) is 0 Å². The molecular weight excluding hydrogens is 366 g/mol. The Morgan fingerprint density at radius 3 is 2.61 bits per heavy atom. The third-order valence-corrected chi connectivity index (χ3v) is 8.12. The van der Waals surface area contributed by atoms with Gasteiger partial charge < -0.3 is 10.2 Å². The fraction of sp³-hybridized carbons (Fsp3) is 0.636. The van der Waals surface area contributed by atoms with Gasteiger partial charge in [0, 0.05) is 11.3 Å². The number of aliphatic hydroxyl groups is 2. The smallest absolute Gasteiger partial charge is 0.184 e. The normalized spacial score (nSPS) is 51.7. The largest absolute Gasteiger partial charge is 0.505 e. The van der Waals surface area contributed by atoms with E-state index < -0.39 is 34.7 Å². The minimum absolute atomic E-state index is 0.0316. The quantitative estimate of drug-likeness (QED) is 0.407. The second-order valence-corrected chi connectivity index (χ2v) is 9.41. The van der Waals surface area contributed by atoms with E-state index >= 15 is 8.78 Å². The van der Waals surface area contributed by atoms with E-state index in [1.165, 1.54) is 18.2 Å². The molecule has 0 aromatic heterocycles. The lowest BCUT2D eigenvalue weighted by atomic mass is 9.45. The van der Waals surface area contributed by atoms with E-state index in [1.54, 1.807) is 6.92 Å². The number of fused-ring (bicyclic) bond motifs is 5. The number of hydrogen-bond donors (Lipinski definition) is 2. The number of rotatable bonds is 1. The van der Waals surface area contributed by atoms with Gasteiger partial charge in [0.1, 0.15) is 6.17 Å². The van der Waals surface area contributed by atoms with Crippen molar-refractivity contribution in [3.8, 4) is 0 Å². The van der Waals surface area contributed by atoms with Gasteiger partial charge in [-0.25, -0.2) is 8.78 Å². The lowest BCUT2D eigenvalue weighted by molar-refractivity contribution is -0.191. The van der Waals surface area contributed by atoms with E-state index in [0.29, 0.717) is 18.3 Å². The van der Waals surface area contributed by atoms with Crippen LogP contribution in [0.25, 0.3) is 0 Å². The number of halogens is 2. The Hall–Kier alpha value is -1.82. The zero-order valence-electron chi connectivity index (χ0n) is 16.3. The first-order chi connectivity index (χ1) is 13.0. The van der Waals surface area contributed by atoms with Gasteiger partial charge in [0.05, 0.1) is 6.10 Å².